The normalized spacial score (nSPS) is 13.6. The Kier molecular flexibility index (Phi) is 7.33. The number of hydrogen-bond acceptors (Lipinski definition) is 4. The SMILES string of the molecule is CCCCCn1c(-c2ccc(N3CCCC3=O)cc2)cn2c(=O)cc(N(C)Cc3ccc(Cl)cc3)nc12. The molecule has 1 fully saturated rings. The molecule has 0 aliphatic carbocycles. The molecule has 0 bridgehead atoms. The number of rotatable bonds is 9. The topological polar surface area (TPSA) is 62.9 Å². The van der Waals surface area contributed by atoms with Crippen LogP contribution in [0.5, 0.6) is 0 Å². The Morgan fingerprint density at radius 3 is 2.46 bits per heavy atom. The first-order valence-corrected chi connectivity index (χ1v) is 13.3. The number of unbranched alkanes of at least 4 members (excludes halogenated alkanes) is 2. The maximum atomic E-state index is 13.2. The van der Waals surface area contributed by atoms with E-state index in [1.807, 2.05) is 71.6 Å². The highest BCUT2D eigenvalue weighted by Gasteiger charge is 2.22. The smallest absolute Gasteiger partial charge is 0.261 e. The summed E-state index contributed by atoms with van der Waals surface area (Å²) in [5.41, 5.74) is 3.83. The minimum atomic E-state index is -0.113. The van der Waals surface area contributed by atoms with Crippen molar-refractivity contribution in [3.8, 4) is 11.3 Å². The van der Waals surface area contributed by atoms with E-state index in [2.05, 4.69) is 11.5 Å². The van der Waals surface area contributed by atoms with E-state index in [1.54, 1.807) is 10.5 Å². The van der Waals surface area contributed by atoms with Crippen molar-refractivity contribution in [1.82, 2.24) is 14.0 Å². The van der Waals surface area contributed by atoms with E-state index in [0.29, 0.717) is 29.6 Å². The van der Waals surface area contributed by atoms with Gasteiger partial charge in [-0.1, -0.05) is 55.6 Å². The molecule has 4 aromatic rings. The van der Waals surface area contributed by atoms with Crippen molar-refractivity contribution >= 4 is 34.8 Å². The third-order valence-electron chi connectivity index (χ3n) is 6.96. The number of nitrogens with zero attached hydrogens (tertiary/aromatic N) is 5. The van der Waals surface area contributed by atoms with Crippen LogP contribution < -0.4 is 15.4 Å². The van der Waals surface area contributed by atoms with Crippen LogP contribution in [0.4, 0.5) is 11.5 Å². The Labute approximate surface area is 221 Å². The molecule has 0 atom stereocenters. The number of amides is 1. The Balaban J connectivity index is 1.52. The van der Waals surface area contributed by atoms with Crippen LogP contribution in [0.25, 0.3) is 17.0 Å². The van der Waals surface area contributed by atoms with Crippen LogP contribution in [0, 0.1) is 0 Å². The molecule has 1 amide bonds. The number of hydrogen-bond donors (Lipinski definition) is 0. The lowest BCUT2D eigenvalue weighted by Crippen LogP contribution is -2.23. The summed E-state index contributed by atoms with van der Waals surface area (Å²) in [6.45, 7) is 4.32. The van der Waals surface area contributed by atoms with Crippen molar-refractivity contribution in [3.63, 3.8) is 0 Å². The molecule has 1 saturated heterocycles. The number of carbonyl (C=O) groups excluding carboxylic acids is 1. The van der Waals surface area contributed by atoms with Gasteiger partial charge in [-0.25, -0.2) is 0 Å². The Morgan fingerprint density at radius 1 is 1.03 bits per heavy atom. The summed E-state index contributed by atoms with van der Waals surface area (Å²) in [6.07, 6.45) is 6.59. The molecule has 8 heteroatoms. The third kappa shape index (κ3) is 5.27. The maximum Gasteiger partial charge on any atom is 0.261 e. The molecule has 0 unspecified atom stereocenters. The van der Waals surface area contributed by atoms with Crippen molar-refractivity contribution in [2.75, 3.05) is 23.4 Å². The van der Waals surface area contributed by atoms with Gasteiger partial charge < -0.3 is 14.4 Å². The number of halogens is 1. The Bertz CT molecular complexity index is 1460. The number of anilines is 2. The van der Waals surface area contributed by atoms with Gasteiger partial charge in [0.2, 0.25) is 11.7 Å². The summed E-state index contributed by atoms with van der Waals surface area (Å²) < 4.78 is 3.78. The summed E-state index contributed by atoms with van der Waals surface area (Å²) in [5.74, 6) is 1.44. The number of aryl methyl sites for hydroxylation is 1. The molecule has 0 N–H and O–H groups in total. The first kappa shape index (κ1) is 25.1. The predicted molar refractivity (Wildman–Crippen MR) is 150 cm³/mol. The van der Waals surface area contributed by atoms with Crippen molar-refractivity contribution in [1.29, 1.82) is 0 Å². The minimum absolute atomic E-state index is 0.113. The Hall–Kier alpha value is -3.58. The molecule has 3 heterocycles. The van der Waals surface area contributed by atoms with Crippen LogP contribution in [0.2, 0.25) is 5.02 Å². The summed E-state index contributed by atoms with van der Waals surface area (Å²) >= 11 is 6.03. The lowest BCUT2D eigenvalue weighted by molar-refractivity contribution is -0.117. The largest absolute Gasteiger partial charge is 0.355 e. The average Bonchev–Trinajstić information content (AvgIpc) is 3.49. The Morgan fingerprint density at radius 2 is 1.78 bits per heavy atom. The van der Waals surface area contributed by atoms with Crippen LogP contribution in [-0.2, 0) is 17.9 Å². The second kappa shape index (κ2) is 10.8. The summed E-state index contributed by atoms with van der Waals surface area (Å²) in [7, 11) is 1.94. The molecule has 0 saturated carbocycles. The molecule has 37 heavy (non-hydrogen) atoms. The number of fused-ring (bicyclic) bond motifs is 1. The third-order valence-corrected chi connectivity index (χ3v) is 7.21. The maximum absolute atomic E-state index is 13.2. The highest BCUT2D eigenvalue weighted by Crippen LogP contribution is 2.28. The summed E-state index contributed by atoms with van der Waals surface area (Å²) in [6, 6.07) is 17.3. The van der Waals surface area contributed by atoms with E-state index in [4.69, 9.17) is 16.6 Å². The molecule has 0 spiro atoms. The van der Waals surface area contributed by atoms with Crippen LogP contribution in [0.3, 0.4) is 0 Å². The second-order valence-corrected chi connectivity index (χ2v) is 10.1. The van der Waals surface area contributed by atoms with Crippen LogP contribution in [0.1, 0.15) is 44.6 Å². The van der Waals surface area contributed by atoms with E-state index < -0.39 is 0 Å². The molecule has 2 aromatic heterocycles. The van der Waals surface area contributed by atoms with E-state index >= 15 is 0 Å². The first-order chi connectivity index (χ1) is 17.9. The fourth-order valence-corrected chi connectivity index (χ4v) is 5.05. The molecular formula is C29H32ClN5O2. The molecule has 1 aliphatic rings. The quantitative estimate of drug-likeness (QED) is 0.264. The molecular weight excluding hydrogens is 486 g/mol. The standard InChI is InChI=1S/C29H32ClN5O2/c1-3-4-5-16-34-25(22-10-14-24(15-11-22)33-17-6-7-27(33)36)20-35-28(37)18-26(31-29(34)35)32(2)19-21-8-12-23(30)13-9-21/h8-15,18,20H,3-7,16-17,19H2,1-2H3. The van der Waals surface area contributed by atoms with Gasteiger partial charge in [0, 0.05) is 56.1 Å². The van der Waals surface area contributed by atoms with Crippen LogP contribution in [-0.4, -0.2) is 33.5 Å². The number of carbonyl (C=O) groups is 1. The van der Waals surface area contributed by atoms with Gasteiger partial charge in [0.1, 0.15) is 5.82 Å². The summed E-state index contributed by atoms with van der Waals surface area (Å²) in [4.78, 5) is 34.1. The minimum Gasteiger partial charge on any atom is -0.355 e. The molecule has 1 aliphatic heterocycles. The molecule has 7 nitrogen and oxygen atoms in total. The van der Waals surface area contributed by atoms with E-state index in [-0.39, 0.29) is 11.5 Å². The van der Waals surface area contributed by atoms with Gasteiger partial charge in [-0.2, -0.15) is 4.98 Å². The van der Waals surface area contributed by atoms with Gasteiger partial charge in [-0.15, -0.1) is 0 Å². The van der Waals surface area contributed by atoms with Crippen molar-refractivity contribution in [3.05, 3.63) is 81.7 Å². The fourth-order valence-electron chi connectivity index (χ4n) is 4.92. The van der Waals surface area contributed by atoms with Gasteiger partial charge in [-0.05, 0) is 48.2 Å². The zero-order valence-corrected chi connectivity index (χ0v) is 22.1. The van der Waals surface area contributed by atoms with Crippen molar-refractivity contribution in [2.24, 2.45) is 0 Å². The zero-order valence-electron chi connectivity index (χ0n) is 21.4. The number of aromatic nitrogens is 3. The van der Waals surface area contributed by atoms with Gasteiger partial charge >= 0.3 is 0 Å². The lowest BCUT2D eigenvalue weighted by atomic mass is 10.1. The van der Waals surface area contributed by atoms with Gasteiger partial charge in [0.15, 0.2) is 0 Å². The molecule has 0 radical (unpaired) electrons. The first-order valence-electron chi connectivity index (χ1n) is 12.9. The number of benzene rings is 2. The van der Waals surface area contributed by atoms with Crippen molar-refractivity contribution in [2.45, 2.75) is 52.1 Å². The van der Waals surface area contributed by atoms with Crippen LogP contribution in [0.15, 0.2) is 65.6 Å². The van der Waals surface area contributed by atoms with Gasteiger partial charge in [0.05, 0.1) is 5.69 Å². The van der Waals surface area contributed by atoms with Gasteiger partial charge in [-0.3, -0.25) is 14.0 Å². The lowest BCUT2D eigenvalue weighted by Gasteiger charge is -2.19. The van der Waals surface area contributed by atoms with E-state index in [0.717, 1.165) is 61.3 Å². The van der Waals surface area contributed by atoms with Crippen molar-refractivity contribution < 1.29 is 4.79 Å². The summed E-state index contributed by atoms with van der Waals surface area (Å²) in [5, 5.41) is 0.696. The fraction of sp³-hybridized carbons (Fsp3) is 0.345. The highest BCUT2D eigenvalue weighted by atomic mass is 35.5. The highest BCUT2D eigenvalue weighted by molar-refractivity contribution is 6.30. The van der Waals surface area contributed by atoms with E-state index in [1.165, 1.54) is 0 Å². The molecule has 5 rings (SSSR count). The van der Waals surface area contributed by atoms with E-state index in [9.17, 15) is 9.59 Å². The number of imidazole rings is 1. The molecule has 192 valence electrons. The predicted octanol–water partition coefficient (Wildman–Crippen LogP) is 5.77. The monoisotopic (exact) mass is 517 g/mol. The van der Waals surface area contributed by atoms with Crippen LogP contribution >= 0.6 is 11.6 Å². The second-order valence-electron chi connectivity index (χ2n) is 9.67. The average molecular weight is 518 g/mol. The zero-order chi connectivity index (χ0) is 25.9. The van der Waals surface area contributed by atoms with Gasteiger partial charge in [0.25, 0.3) is 5.56 Å². The molecule has 2 aromatic carbocycles.